The third kappa shape index (κ3) is 3.84. The van der Waals surface area contributed by atoms with Gasteiger partial charge in [0.15, 0.2) is 0 Å². The molecule has 2 rings (SSSR count). The molecule has 0 heterocycles. The van der Waals surface area contributed by atoms with Crippen LogP contribution in [0.25, 0.3) is 0 Å². The Hall–Kier alpha value is -0.820. The first-order valence-corrected chi connectivity index (χ1v) is 7.47. The lowest BCUT2D eigenvalue weighted by molar-refractivity contribution is 0.372. The molecule has 1 aliphatic rings. The fourth-order valence-electron chi connectivity index (χ4n) is 3.09. The summed E-state index contributed by atoms with van der Waals surface area (Å²) in [5.41, 5.74) is 2.85. The highest BCUT2D eigenvalue weighted by atomic mass is 15.0. The Kier molecular flexibility index (Phi) is 4.82. The van der Waals surface area contributed by atoms with Crippen molar-refractivity contribution >= 4 is 0 Å². The molecule has 0 spiro atoms. The summed E-state index contributed by atoms with van der Waals surface area (Å²) in [6.07, 6.45) is 6.62. The summed E-state index contributed by atoms with van der Waals surface area (Å²) in [6, 6.07) is 10.3. The SMILES string of the molecule is Cc1cccc(CCC(C)NC2CCCC2C)c1. The van der Waals surface area contributed by atoms with Crippen LogP contribution in [0.1, 0.15) is 50.7 Å². The van der Waals surface area contributed by atoms with E-state index in [1.165, 1.54) is 43.2 Å². The zero-order valence-electron chi connectivity index (χ0n) is 12.1. The van der Waals surface area contributed by atoms with Crippen molar-refractivity contribution in [3.8, 4) is 0 Å². The van der Waals surface area contributed by atoms with Crippen molar-refractivity contribution in [1.29, 1.82) is 0 Å². The van der Waals surface area contributed by atoms with Gasteiger partial charge in [-0.15, -0.1) is 0 Å². The van der Waals surface area contributed by atoms with E-state index in [1.54, 1.807) is 0 Å². The average Bonchev–Trinajstić information content (AvgIpc) is 2.73. The minimum absolute atomic E-state index is 0.635. The molecule has 100 valence electrons. The van der Waals surface area contributed by atoms with Crippen LogP contribution in [0.15, 0.2) is 24.3 Å². The van der Waals surface area contributed by atoms with Crippen molar-refractivity contribution in [2.45, 2.75) is 65.0 Å². The van der Waals surface area contributed by atoms with Crippen molar-refractivity contribution in [3.05, 3.63) is 35.4 Å². The van der Waals surface area contributed by atoms with Gasteiger partial charge in [-0.05, 0) is 51.0 Å². The van der Waals surface area contributed by atoms with E-state index in [0.29, 0.717) is 6.04 Å². The van der Waals surface area contributed by atoms with Crippen molar-refractivity contribution in [3.63, 3.8) is 0 Å². The molecule has 1 fully saturated rings. The summed E-state index contributed by atoms with van der Waals surface area (Å²) < 4.78 is 0. The van der Waals surface area contributed by atoms with Gasteiger partial charge in [-0.3, -0.25) is 0 Å². The zero-order valence-corrected chi connectivity index (χ0v) is 12.1. The number of aryl methyl sites for hydroxylation is 2. The van der Waals surface area contributed by atoms with Crippen molar-refractivity contribution in [2.75, 3.05) is 0 Å². The molecule has 3 unspecified atom stereocenters. The number of rotatable bonds is 5. The van der Waals surface area contributed by atoms with E-state index < -0.39 is 0 Å². The van der Waals surface area contributed by atoms with Crippen molar-refractivity contribution < 1.29 is 0 Å². The first-order chi connectivity index (χ1) is 8.65. The third-order valence-corrected chi connectivity index (χ3v) is 4.31. The highest BCUT2D eigenvalue weighted by Crippen LogP contribution is 2.25. The van der Waals surface area contributed by atoms with Crippen LogP contribution in [-0.4, -0.2) is 12.1 Å². The summed E-state index contributed by atoms with van der Waals surface area (Å²) in [7, 11) is 0. The van der Waals surface area contributed by atoms with Gasteiger partial charge >= 0.3 is 0 Å². The Bertz CT molecular complexity index is 372. The van der Waals surface area contributed by atoms with Gasteiger partial charge in [0.2, 0.25) is 0 Å². The van der Waals surface area contributed by atoms with Crippen LogP contribution in [0, 0.1) is 12.8 Å². The molecule has 1 aliphatic carbocycles. The minimum Gasteiger partial charge on any atom is -0.311 e. The molecule has 0 amide bonds. The van der Waals surface area contributed by atoms with E-state index in [4.69, 9.17) is 0 Å². The Morgan fingerprint density at radius 2 is 2.17 bits per heavy atom. The Morgan fingerprint density at radius 3 is 2.83 bits per heavy atom. The van der Waals surface area contributed by atoms with E-state index in [2.05, 4.69) is 50.4 Å². The fraction of sp³-hybridized carbons (Fsp3) is 0.647. The van der Waals surface area contributed by atoms with Crippen LogP contribution < -0.4 is 5.32 Å². The van der Waals surface area contributed by atoms with E-state index >= 15 is 0 Å². The number of benzene rings is 1. The molecule has 1 N–H and O–H groups in total. The third-order valence-electron chi connectivity index (χ3n) is 4.31. The van der Waals surface area contributed by atoms with Crippen LogP contribution in [0.4, 0.5) is 0 Å². The molecule has 18 heavy (non-hydrogen) atoms. The molecular formula is C17H27N. The summed E-state index contributed by atoms with van der Waals surface area (Å²) in [4.78, 5) is 0. The number of hydrogen-bond acceptors (Lipinski definition) is 1. The van der Waals surface area contributed by atoms with Gasteiger partial charge in [-0.2, -0.15) is 0 Å². The maximum Gasteiger partial charge on any atom is 0.00951 e. The first kappa shape index (κ1) is 13.6. The van der Waals surface area contributed by atoms with E-state index in [0.717, 1.165) is 12.0 Å². The molecule has 1 aromatic carbocycles. The van der Waals surface area contributed by atoms with Crippen molar-refractivity contribution in [1.82, 2.24) is 5.32 Å². The van der Waals surface area contributed by atoms with Crippen LogP contribution in [-0.2, 0) is 6.42 Å². The topological polar surface area (TPSA) is 12.0 Å². The molecule has 1 aromatic rings. The zero-order chi connectivity index (χ0) is 13.0. The lowest BCUT2D eigenvalue weighted by Gasteiger charge is -2.22. The normalized spacial score (nSPS) is 25.3. The average molecular weight is 245 g/mol. The van der Waals surface area contributed by atoms with Crippen LogP contribution in [0.2, 0.25) is 0 Å². The van der Waals surface area contributed by atoms with Crippen molar-refractivity contribution in [2.24, 2.45) is 5.92 Å². The second-order valence-corrected chi connectivity index (χ2v) is 6.11. The fourth-order valence-corrected chi connectivity index (χ4v) is 3.09. The molecule has 0 saturated heterocycles. The van der Waals surface area contributed by atoms with E-state index in [9.17, 15) is 0 Å². The van der Waals surface area contributed by atoms with Gasteiger partial charge in [0.05, 0.1) is 0 Å². The lowest BCUT2D eigenvalue weighted by atomic mass is 10.0. The number of hydrogen-bond donors (Lipinski definition) is 1. The molecular weight excluding hydrogens is 218 g/mol. The van der Waals surface area contributed by atoms with Gasteiger partial charge in [0.25, 0.3) is 0 Å². The molecule has 0 aliphatic heterocycles. The molecule has 0 radical (unpaired) electrons. The second kappa shape index (κ2) is 6.38. The molecule has 1 saturated carbocycles. The van der Waals surface area contributed by atoms with E-state index in [1.807, 2.05) is 0 Å². The van der Waals surface area contributed by atoms with Crippen LogP contribution in [0.3, 0.4) is 0 Å². The van der Waals surface area contributed by atoms with E-state index in [-0.39, 0.29) is 0 Å². The largest absolute Gasteiger partial charge is 0.311 e. The second-order valence-electron chi connectivity index (χ2n) is 6.11. The predicted octanol–water partition coefficient (Wildman–Crippen LogP) is 4.09. The highest BCUT2D eigenvalue weighted by Gasteiger charge is 2.23. The molecule has 0 bridgehead atoms. The standard InChI is InChI=1S/C17H27N/c1-13-6-4-8-16(12-13)11-10-15(3)18-17-9-5-7-14(17)2/h4,6,8,12,14-15,17-18H,5,7,9-11H2,1-3H3. The minimum atomic E-state index is 0.635. The Balaban J connectivity index is 1.76. The summed E-state index contributed by atoms with van der Waals surface area (Å²) >= 11 is 0. The first-order valence-electron chi connectivity index (χ1n) is 7.47. The summed E-state index contributed by atoms with van der Waals surface area (Å²) in [5.74, 6) is 0.867. The van der Waals surface area contributed by atoms with Gasteiger partial charge in [0.1, 0.15) is 0 Å². The quantitative estimate of drug-likeness (QED) is 0.823. The molecule has 3 atom stereocenters. The van der Waals surface area contributed by atoms with Gasteiger partial charge < -0.3 is 5.32 Å². The van der Waals surface area contributed by atoms with Crippen LogP contribution >= 0.6 is 0 Å². The maximum absolute atomic E-state index is 3.81. The monoisotopic (exact) mass is 245 g/mol. The molecule has 0 aromatic heterocycles. The number of nitrogens with one attached hydrogen (secondary N) is 1. The van der Waals surface area contributed by atoms with Gasteiger partial charge in [0, 0.05) is 12.1 Å². The lowest BCUT2D eigenvalue weighted by Crippen LogP contribution is -2.38. The molecule has 1 heteroatoms. The summed E-state index contributed by atoms with van der Waals surface area (Å²) in [5, 5.41) is 3.81. The summed E-state index contributed by atoms with van der Waals surface area (Å²) in [6.45, 7) is 6.89. The predicted molar refractivity (Wildman–Crippen MR) is 78.9 cm³/mol. The smallest absolute Gasteiger partial charge is 0.00951 e. The van der Waals surface area contributed by atoms with Gasteiger partial charge in [-0.1, -0.05) is 43.2 Å². The Morgan fingerprint density at radius 1 is 1.33 bits per heavy atom. The Labute approximate surface area is 112 Å². The van der Waals surface area contributed by atoms with Crippen LogP contribution in [0.5, 0.6) is 0 Å². The maximum atomic E-state index is 3.81. The molecule has 1 nitrogen and oxygen atoms in total. The highest BCUT2D eigenvalue weighted by molar-refractivity contribution is 5.22. The van der Waals surface area contributed by atoms with Gasteiger partial charge in [-0.25, -0.2) is 0 Å².